The number of halogens is 1. The molecule has 6 nitrogen and oxygen atoms in total. The van der Waals surface area contributed by atoms with Crippen LogP contribution in [0.15, 0.2) is 24.3 Å². The molecule has 3 aliphatic rings. The van der Waals surface area contributed by atoms with Gasteiger partial charge in [0.2, 0.25) is 15.9 Å². The van der Waals surface area contributed by atoms with Crippen LogP contribution in [0.4, 0.5) is 0 Å². The van der Waals surface area contributed by atoms with Crippen molar-refractivity contribution in [2.75, 3.05) is 20.2 Å². The number of carbonyl (C=O) groups is 1. The fraction of sp³-hybridized carbons (Fsp3) is 0.611. The van der Waals surface area contributed by atoms with Gasteiger partial charge in [-0.05, 0) is 43.4 Å². The molecule has 0 aromatic heterocycles. The lowest BCUT2D eigenvalue weighted by Gasteiger charge is -2.49. The van der Waals surface area contributed by atoms with E-state index in [1.165, 1.54) is 0 Å². The molecule has 3 saturated heterocycles. The zero-order valence-electron chi connectivity index (χ0n) is 14.7. The van der Waals surface area contributed by atoms with Crippen LogP contribution in [0, 0.1) is 0 Å². The van der Waals surface area contributed by atoms with E-state index >= 15 is 0 Å². The quantitative estimate of drug-likeness (QED) is 0.781. The maximum Gasteiger partial charge on any atom is 0.248 e. The molecule has 1 spiro atoms. The summed E-state index contributed by atoms with van der Waals surface area (Å²) in [5, 5.41) is 0.543. The maximum atomic E-state index is 13.1. The topological polar surface area (TPSA) is 66.9 Å². The summed E-state index contributed by atoms with van der Waals surface area (Å²) in [5.41, 5.74) is 0.299. The van der Waals surface area contributed by atoms with E-state index in [1.54, 1.807) is 40.5 Å². The Balaban J connectivity index is 1.54. The van der Waals surface area contributed by atoms with E-state index in [2.05, 4.69) is 0 Å². The predicted octanol–water partition coefficient (Wildman–Crippen LogP) is 2.02. The number of piperidine rings is 1. The van der Waals surface area contributed by atoms with Crippen LogP contribution in [0.2, 0.25) is 5.02 Å². The Bertz CT molecular complexity index is 814. The number of hydrogen-bond donors (Lipinski definition) is 0. The first-order valence-corrected chi connectivity index (χ1v) is 10.9. The standard InChI is InChI=1S/C18H23ClN2O4S/c1-20-12-18(25-10-17(20)22)8-15-5-6-16(9-18)21(15)26(23,24)11-13-3-2-4-14(19)7-13/h2-4,7,15-16H,5-6,8-12H2,1H3. The highest BCUT2D eigenvalue weighted by Gasteiger charge is 2.54. The lowest BCUT2D eigenvalue weighted by atomic mass is 9.86. The minimum atomic E-state index is -3.43. The van der Waals surface area contributed by atoms with Gasteiger partial charge in [-0.3, -0.25) is 4.79 Å². The molecule has 3 heterocycles. The molecule has 142 valence electrons. The van der Waals surface area contributed by atoms with Crippen LogP contribution in [-0.2, 0) is 25.3 Å². The number of carbonyl (C=O) groups excluding carboxylic acids is 1. The number of ether oxygens (including phenoxy) is 1. The second-order valence-electron chi connectivity index (χ2n) is 7.73. The number of likely N-dealkylation sites (N-methyl/N-ethyl adjacent to an activating group) is 1. The molecule has 3 aliphatic heterocycles. The average molecular weight is 399 g/mol. The van der Waals surface area contributed by atoms with Crippen LogP contribution < -0.4 is 0 Å². The van der Waals surface area contributed by atoms with Gasteiger partial charge in [0.15, 0.2) is 0 Å². The first-order chi connectivity index (χ1) is 12.3. The number of nitrogens with zero attached hydrogens (tertiary/aromatic N) is 2. The number of sulfonamides is 1. The second kappa shape index (κ2) is 6.48. The Labute approximate surface area is 159 Å². The van der Waals surface area contributed by atoms with Gasteiger partial charge < -0.3 is 9.64 Å². The van der Waals surface area contributed by atoms with Crippen LogP contribution in [0.5, 0.6) is 0 Å². The SMILES string of the molecule is CN1CC2(CC3CCC(C2)N3S(=O)(=O)Cc2cccc(Cl)c2)OCC1=O. The summed E-state index contributed by atoms with van der Waals surface area (Å²) in [7, 11) is -1.64. The van der Waals surface area contributed by atoms with Gasteiger partial charge in [-0.15, -0.1) is 0 Å². The Kier molecular flexibility index (Phi) is 4.54. The molecule has 4 rings (SSSR count). The van der Waals surface area contributed by atoms with Crippen molar-refractivity contribution < 1.29 is 17.9 Å². The monoisotopic (exact) mass is 398 g/mol. The molecule has 0 N–H and O–H groups in total. The number of morpholine rings is 1. The van der Waals surface area contributed by atoms with Gasteiger partial charge in [0, 0.05) is 30.7 Å². The van der Waals surface area contributed by atoms with E-state index < -0.39 is 15.6 Å². The summed E-state index contributed by atoms with van der Waals surface area (Å²) < 4.78 is 33.8. The van der Waals surface area contributed by atoms with Crippen molar-refractivity contribution in [2.45, 2.75) is 49.1 Å². The highest BCUT2D eigenvalue weighted by Crippen LogP contribution is 2.45. The lowest BCUT2D eigenvalue weighted by molar-refractivity contribution is -0.170. The third-order valence-corrected chi connectivity index (χ3v) is 7.95. The largest absolute Gasteiger partial charge is 0.363 e. The molecule has 0 radical (unpaired) electrons. The first-order valence-electron chi connectivity index (χ1n) is 8.92. The summed E-state index contributed by atoms with van der Waals surface area (Å²) in [6.45, 7) is 0.631. The van der Waals surface area contributed by atoms with Crippen molar-refractivity contribution in [3.8, 4) is 0 Å². The fourth-order valence-corrected chi connectivity index (χ4v) is 7.00. The predicted molar refractivity (Wildman–Crippen MR) is 98.3 cm³/mol. The van der Waals surface area contributed by atoms with Gasteiger partial charge in [-0.25, -0.2) is 8.42 Å². The average Bonchev–Trinajstić information content (AvgIpc) is 2.85. The first kappa shape index (κ1) is 18.2. The molecule has 26 heavy (non-hydrogen) atoms. The molecule has 3 fully saturated rings. The molecule has 1 aromatic carbocycles. The summed E-state index contributed by atoms with van der Waals surface area (Å²) in [4.78, 5) is 13.4. The third kappa shape index (κ3) is 3.26. The van der Waals surface area contributed by atoms with Crippen molar-refractivity contribution in [2.24, 2.45) is 0 Å². The number of amides is 1. The van der Waals surface area contributed by atoms with Crippen LogP contribution in [0.1, 0.15) is 31.2 Å². The number of fused-ring (bicyclic) bond motifs is 2. The van der Waals surface area contributed by atoms with Crippen molar-refractivity contribution in [3.63, 3.8) is 0 Å². The van der Waals surface area contributed by atoms with Crippen LogP contribution in [0.3, 0.4) is 0 Å². The van der Waals surface area contributed by atoms with E-state index in [9.17, 15) is 13.2 Å². The second-order valence-corrected chi connectivity index (χ2v) is 10.0. The minimum Gasteiger partial charge on any atom is -0.363 e. The lowest BCUT2D eigenvalue weighted by Crippen LogP contribution is -2.61. The van der Waals surface area contributed by atoms with Gasteiger partial charge in [-0.1, -0.05) is 23.7 Å². The molecular formula is C18H23ClN2O4S. The number of benzene rings is 1. The van der Waals surface area contributed by atoms with Crippen LogP contribution in [0.25, 0.3) is 0 Å². The zero-order valence-corrected chi connectivity index (χ0v) is 16.3. The van der Waals surface area contributed by atoms with Gasteiger partial charge in [0.05, 0.1) is 11.4 Å². The summed E-state index contributed by atoms with van der Waals surface area (Å²) in [5.74, 6) is -0.0497. The van der Waals surface area contributed by atoms with Crippen LogP contribution in [-0.4, -0.2) is 61.4 Å². The highest BCUT2D eigenvalue weighted by atomic mass is 35.5. The molecule has 2 unspecified atom stereocenters. The number of rotatable bonds is 3. The van der Waals surface area contributed by atoms with Gasteiger partial charge >= 0.3 is 0 Å². The summed E-state index contributed by atoms with van der Waals surface area (Å²) in [6.07, 6.45) is 3.00. The highest BCUT2D eigenvalue weighted by molar-refractivity contribution is 7.88. The van der Waals surface area contributed by atoms with E-state index in [0.717, 1.165) is 12.8 Å². The smallest absolute Gasteiger partial charge is 0.248 e. The maximum absolute atomic E-state index is 13.1. The molecule has 1 amide bonds. The Morgan fingerprint density at radius 2 is 1.96 bits per heavy atom. The van der Waals surface area contributed by atoms with Gasteiger partial charge in [0.25, 0.3) is 0 Å². The van der Waals surface area contributed by atoms with Crippen molar-refractivity contribution in [1.29, 1.82) is 0 Å². The van der Waals surface area contributed by atoms with E-state index in [1.807, 2.05) is 0 Å². The Morgan fingerprint density at radius 3 is 2.58 bits per heavy atom. The molecule has 0 aliphatic carbocycles. The third-order valence-electron chi connectivity index (χ3n) is 5.78. The fourth-order valence-electron chi connectivity index (χ4n) is 4.77. The molecular weight excluding hydrogens is 376 g/mol. The minimum absolute atomic E-state index is 0.0148. The van der Waals surface area contributed by atoms with E-state index in [-0.39, 0.29) is 30.4 Å². The number of hydrogen-bond acceptors (Lipinski definition) is 4. The molecule has 1 aromatic rings. The normalized spacial score (nSPS) is 32.4. The zero-order chi connectivity index (χ0) is 18.5. The molecule has 8 heteroatoms. The van der Waals surface area contributed by atoms with Crippen molar-refractivity contribution in [3.05, 3.63) is 34.9 Å². The Hall–Kier alpha value is -1.15. The summed E-state index contributed by atoms with van der Waals surface area (Å²) in [6, 6.07) is 6.90. The van der Waals surface area contributed by atoms with Gasteiger partial charge in [0.1, 0.15) is 6.61 Å². The van der Waals surface area contributed by atoms with Gasteiger partial charge in [-0.2, -0.15) is 4.31 Å². The molecule has 2 atom stereocenters. The summed E-state index contributed by atoms with van der Waals surface area (Å²) >= 11 is 5.99. The molecule has 0 saturated carbocycles. The molecule has 2 bridgehead atoms. The van der Waals surface area contributed by atoms with E-state index in [4.69, 9.17) is 16.3 Å². The Morgan fingerprint density at radius 1 is 1.27 bits per heavy atom. The van der Waals surface area contributed by atoms with Crippen molar-refractivity contribution >= 4 is 27.5 Å². The van der Waals surface area contributed by atoms with E-state index in [0.29, 0.717) is 30.0 Å². The van der Waals surface area contributed by atoms with Crippen molar-refractivity contribution in [1.82, 2.24) is 9.21 Å². The van der Waals surface area contributed by atoms with Crippen LogP contribution >= 0.6 is 11.6 Å².